The lowest BCUT2D eigenvalue weighted by molar-refractivity contribution is -0.117. The molecule has 0 aliphatic heterocycles. The summed E-state index contributed by atoms with van der Waals surface area (Å²) < 4.78 is 12.9. The van der Waals surface area contributed by atoms with Gasteiger partial charge in [0.1, 0.15) is 11.5 Å². The van der Waals surface area contributed by atoms with Crippen molar-refractivity contribution in [2.75, 3.05) is 23.9 Å². The van der Waals surface area contributed by atoms with Gasteiger partial charge in [-0.3, -0.25) is 14.3 Å². The number of ether oxygens (including phenoxy) is 2. The summed E-state index contributed by atoms with van der Waals surface area (Å²) in [7, 11) is 1.64. The molecule has 0 saturated heterocycles. The molecule has 0 radical (unpaired) electrons. The topological polar surface area (TPSA) is 81.5 Å². The third kappa shape index (κ3) is 6.75. The molecule has 5 rings (SSSR count). The van der Waals surface area contributed by atoms with Gasteiger partial charge in [-0.05, 0) is 86.6 Å². The molecule has 0 saturated carbocycles. The molecule has 214 valence electrons. The summed E-state index contributed by atoms with van der Waals surface area (Å²) in [4.78, 5) is 15.7. The molecule has 5 aromatic rings. The van der Waals surface area contributed by atoms with Crippen molar-refractivity contribution in [2.24, 2.45) is 0 Å². The maximum absolute atomic E-state index is 14.0. The second-order valence-electron chi connectivity index (χ2n) is 9.35. The summed E-state index contributed by atoms with van der Waals surface area (Å²) in [5.74, 6) is 2.22. The highest BCUT2D eigenvalue weighted by molar-refractivity contribution is 8.00. The summed E-state index contributed by atoms with van der Waals surface area (Å²) >= 11 is 1.37. The van der Waals surface area contributed by atoms with Gasteiger partial charge in [-0.15, -0.1) is 10.2 Å². The molecule has 1 aromatic heterocycles. The van der Waals surface area contributed by atoms with Crippen LogP contribution in [0.4, 0.5) is 17.1 Å². The predicted molar refractivity (Wildman–Crippen MR) is 168 cm³/mol. The smallest absolute Gasteiger partial charge is 0.244 e. The molecule has 1 amide bonds. The van der Waals surface area contributed by atoms with Crippen LogP contribution in [0.3, 0.4) is 0 Å². The minimum atomic E-state index is -0.460. The number of amides is 1. The molecule has 9 heteroatoms. The molecule has 42 heavy (non-hydrogen) atoms. The van der Waals surface area contributed by atoms with Gasteiger partial charge in [0, 0.05) is 22.7 Å². The number of rotatable bonds is 12. The molecule has 0 spiro atoms. The first-order valence-electron chi connectivity index (χ1n) is 13.7. The first-order chi connectivity index (χ1) is 20.6. The minimum absolute atomic E-state index is 0.0595. The van der Waals surface area contributed by atoms with Gasteiger partial charge >= 0.3 is 0 Å². The van der Waals surface area contributed by atoms with Crippen LogP contribution in [-0.2, 0) is 11.3 Å². The number of aromatic nitrogens is 3. The Bertz CT molecular complexity index is 1540. The van der Waals surface area contributed by atoms with Crippen molar-refractivity contribution in [3.63, 3.8) is 0 Å². The van der Waals surface area contributed by atoms with Crippen molar-refractivity contribution in [3.8, 4) is 17.2 Å². The van der Waals surface area contributed by atoms with Gasteiger partial charge in [0.05, 0.1) is 25.5 Å². The highest BCUT2D eigenvalue weighted by Gasteiger charge is 2.27. The van der Waals surface area contributed by atoms with E-state index in [1.54, 1.807) is 12.0 Å². The number of methoxy groups -OCH3 is 1. The molecule has 4 aromatic carbocycles. The minimum Gasteiger partial charge on any atom is -0.497 e. The Labute approximate surface area is 250 Å². The molecule has 1 heterocycles. The average Bonchev–Trinajstić information content (AvgIpc) is 3.44. The van der Waals surface area contributed by atoms with Crippen molar-refractivity contribution < 1.29 is 14.3 Å². The number of para-hydroxylation sites is 2. The quantitative estimate of drug-likeness (QED) is 0.157. The van der Waals surface area contributed by atoms with Crippen molar-refractivity contribution in [1.29, 1.82) is 0 Å². The number of carbonyl (C=O) groups is 1. The normalized spacial score (nSPS) is 11.5. The molecule has 0 fully saturated rings. The number of nitrogens with one attached hydrogen (secondary N) is 1. The number of anilines is 3. The summed E-state index contributed by atoms with van der Waals surface area (Å²) in [6, 6.07) is 34.9. The van der Waals surface area contributed by atoms with Crippen molar-refractivity contribution in [2.45, 2.75) is 30.8 Å². The Morgan fingerprint density at radius 1 is 0.857 bits per heavy atom. The third-order valence-corrected chi connectivity index (χ3v) is 7.56. The van der Waals surface area contributed by atoms with Crippen LogP contribution < -0.4 is 19.7 Å². The fourth-order valence-corrected chi connectivity index (χ4v) is 5.37. The Morgan fingerprint density at radius 2 is 1.45 bits per heavy atom. The summed E-state index contributed by atoms with van der Waals surface area (Å²) in [6.07, 6.45) is 0. The van der Waals surface area contributed by atoms with Crippen molar-refractivity contribution in [3.05, 3.63) is 115 Å². The number of hydrogen-bond donors (Lipinski definition) is 1. The van der Waals surface area contributed by atoms with Crippen LogP contribution in [-0.4, -0.2) is 39.6 Å². The van der Waals surface area contributed by atoms with E-state index in [9.17, 15) is 4.79 Å². The van der Waals surface area contributed by atoms with E-state index >= 15 is 0 Å². The fraction of sp³-hybridized carbons (Fsp3) is 0.182. The average molecular weight is 580 g/mol. The van der Waals surface area contributed by atoms with Crippen LogP contribution in [0.1, 0.15) is 19.7 Å². The zero-order valence-electron chi connectivity index (χ0n) is 23.8. The van der Waals surface area contributed by atoms with Crippen LogP contribution in [0, 0.1) is 0 Å². The lowest BCUT2D eigenvalue weighted by Crippen LogP contribution is -2.33. The zero-order chi connectivity index (χ0) is 29.3. The van der Waals surface area contributed by atoms with Crippen LogP contribution >= 0.6 is 11.8 Å². The molecule has 0 aliphatic rings. The van der Waals surface area contributed by atoms with Gasteiger partial charge in [0.15, 0.2) is 11.0 Å². The fourth-order valence-electron chi connectivity index (χ4n) is 4.45. The number of carbonyl (C=O) groups excluding carboxylic acids is 1. The molecular weight excluding hydrogens is 546 g/mol. The van der Waals surface area contributed by atoms with E-state index in [1.165, 1.54) is 11.8 Å². The lowest BCUT2D eigenvalue weighted by Gasteiger charge is -2.26. The highest BCUT2D eigenvalue weighted by Crippen LogP contribution is 2.32. The van der Waals surface area contributed by atoms with Crippen LogP contribution in [0.2, 0.25) is 0 Å². The lowest BCUT2D eigenvalue weighted by atomic mass is 10.2. The van der Waals surface area contributed by atoms with E-state index in [0.29, 0.717) is 24.1 Å². The number of hydrogen-bond acceptors (Lipinski definition) is 7. The van der Waals surface area contributed by atoms with Crippen molar-refractivity contribution >= 4 is 34.7 Å². The third-order valence-electron chi connectivity index (χ3n) is 6.53. The second-order valence-corrected chi connectivity index (χ2v) is 10.7. The Morgan fingerprint density at radius 3 is 2.02 bits per heavy atom. The van der Waals surface area contributed by atoms with Crippen LogP contribution in [0.5, 0.6) is 11.5 Å². The zero-order valence-corrected chi connectivity index (χ0v) is 24.6. The van der Waals surface area contributed by atoms with Crippen molar-refractivity contribution in [1.82, 2.24) is 14.8 Å². The van der Waals surface area contributed by atoms with Crippen LogP contribution in [0.15, 0.2) is 114 Å². The Balaban J connectivity index is 1.42. The van der Waals surface area contributed by atoms with E-state index in [0.717, 1.165) is 34.2 Å². The standard InChI is InChI=1S/C33H33N5O3S/c1-4-41-30-19-15-25(16-20-30)34-23-31-35-36-33(38(31)28-17-21-29(40-3)22-18-28)42-24(2)32(39)37(26-11-7-5-8-12-26)27-13-9-6-10-14-27/h5-22,24,34H,4,23H2,1-3H3. The monoisotopic (exact) mass is 579 g/mol. The Kier molecular flexibility index (Phi) is 9.41. The summed E-state index contributed by atoms with van der Waals surface area (Å²) in [5, 5.41) is 12.6. The molecular formula is C33H33N5O3S. The SMILES string of the molecule is CCOc1ccc(NCc2nnc(SC(C)C(=O)N(c3ccccc3)c3ccccc3)n2-c2ccc(OC)cc2)cc1. The number of nitrogens with zero attached hydrogens (tertiary/aromatic N) is 4. The second kappa shape index (κ2) is 13.7. The van der Waals surface area contributed by atoms with Gasteiger partial charge in [-0.25, -0.2) is 0 Å². The first kappa shape index (κ1) is 28.8. The molecule has 1 N–H and O–H groups in total. The largest absolute Gasteiger partial charge is 0.497 e. The van der Waals surface area contributed by atoms with Gasteiger partial charge < -0.3 is 14.8 Å². The first-order valence-corrected chi connectivity index (χ1v) is 14.6. The summed E-state index contributed by atoms with van der Waals surface area (Å²) in [5.41, 5.74) is 3.41. The number of thioether (sulfide) groups is 1. The van der Waals surface area contributed by atoms with E-state index < -0.39 is 5.25 Å². The predicted octanol–water partition coefficient (Wildman–Crippen LogP) is 7.13. The Hall–Kier alpha value is -4.76. The molecule has 1 atom stereocenters. The highest BCUT2D eigenvalue weighted by atomic mass is 32.2. The van der Waals surface area contributed by atoms with E-state index in [1.807, 2.05) is 128 Å². The molecule has 1 unspecified atom stereocenters. The molecule has 0 bridgehead atoms. The van der Waals surface area contributed by atoms with Gasteiger partial charge in [0.2, 0.25) is 5.91 Å². The van der Waals surface area contributed by atoms with Crippen LogP contribution in [0.25, 0.3) is 5.69 Å². The van der Waals surface area contributed by atoms with Gasteiger partial charge in [-0.2, -0.15) is 0 Å². The molecule has 8 nitrogen and oxygen atoms in total. The number of benzene rings is 4. The van der Waals surface area contributed by atoms with E-state index in [2.05, 4.69) is 15.5 Å². The maximum atomic E-state index is 14.0. The molecule has 0 aliphatic carbocycles. The summed E-state index contributed by atoms with van der Waals surface area (Å²) in [6.45, 7) is 4.91. The van der Waals surface area contributed by atoms with E-state index in [4.69, 9.17) is 9.47 Å². The van der Waals surface area contributed by atoms with Gasteiger partial charge in [-0.1, -0.05) is 48.2 Å². The maximum Gasteiger partial charge on any atom is 0.244 e. The van der Waals surface area contributed by atoms with E-state index in [-0.39, 0.29) is 5.91 Å². The van der Waals surface area contributed by atoms with Gasteiger partial charge in [0.25, 0.3) is 0 Å².